The van der Waals surface area contributed by atoms with E-state index in [0.717, 1.165) is 5.56 Å². The van der Waals surface area contributed by atoms with E-state index in [2.05, 4.69) is 16.8 Å². The third-order valence-corrected chi connectivity index (χ3v) is 1.93. The molecule has 5 heteroatoms. The highest BCUT2D eigenvalue weighted by molar-refractivity contribution is 7.80. The minimum absolute atomic E-state index is 0.398. The Labute approximate surface area is 87.7 Å². The molecule has 0 saturated carbocycles. The van der Waals surface area contributed by atoms with Crippen molar-refractivity contribution in [3.8, 4) is 6.07 Å². The Bertz CT molecular complexity index is 352. The zero-order valence-electron chi connectivity index (χ0n) is 7.45. The van der Waals surface area contributed by atoms with Gasteiger partial charge < -0.3 is 10.7 Å². The van der Waals surface area contributed by atoms with E-state index in [0.29, 0.717) is 17.2 Å². The van der Waals surface area contributed by atoms with E-state index < -0.39 is 0 Å². The molecule has 72 valence electrons. The summed E-state index contributed by atoms with van der Waals surface area (Å²) in [5.41, 5.74) is 4.02. The molecule has 0 heterocycles. The van der Waals surface area contributed by atoms with Gasteiger partial charge in [-0.25, -0.2) is 5.84 Å². The molecular weight excluding hydrogens is 196 g/mol. The van der Waals surface area contributed by atoms with Crippen molar-refractivity contribution in [2.45, 2.75) is 6.54 Å². The normalized spacial score (nSPS) is 8.86. The SMILES string of the molecule is N#Cc1ccc(CNC(=S)NN)cc1. The summed E-state index contributed by atoms with van der Waals surface area (Å²) in [4.78, 5) is 0. The average Bonchev–Trinajstić information content (AvgIpc) is 2.26. The number of nitrogens with one attached hydrogen (secondary N) is 2. The number of nitrogens with zero attached hydrogens (tertiary/aromatic N) is 1. The largest absolute Gasteiger partial charge is 0.358 e. The first-order valence-corrected chi connectivity index (χ1v) is 4.40. The zero-order chi connectivity index (χ0) is 10.4. The average molecular weight is 206 g/mol. The molecule has 0 atom stereocenters. The van der Waals surface area contributed by atoms with Crippen molar-refractivity contribution < 1.29 is 0 Å². The Morgan fingerprint density at radius 2 is 2.07 bits per heavy atom. The lowest BCUT2D eigenvalue weighted by Crippen LogP contribution is -2.39. The molecular formula is C9H10N4S. The van der Waals surface area contributed by atoms with Gasteiger partial charge in [0.25, 0.3) is 0 Å². The van der Waals surface area contributed by atoms with Crippen LogP contribution in [-0.2, 0) is 6.54 Å². The molecule has 0 aliphatic carbocycles. The topological polar surface area (TPSA) is 73.9 Å². The summed E-state index contributed by atoms with van der Waals surface area (Å²) in [6.07, 6.45) is 0. The van der Waals surface area contributed by atoms with Crippen LogP contribution in [0.1, 0.15) is 11.1 Å². The Kier molecular flexibility index (Phi) is 3.85. The van der Waals surface area contributed by atoms with Gasteiger partial charge in [0.05, 0.1) is 11.6 Å². The van der Waals surface area contributed by atoms with Crippen molar-refractivity contribution in [3.63, 3.8) is 0 Å². The summed E-state index contributed by atoms with van der Waals surface area (Å²) in [5.74, 6) is 5.09. The molecule has 0 aliphatic rings. The van der Waals surface area contributed by atoms with Crippen LogP contribution in [0.3, 0.4) is 0 Å². The monoisotopic (exact) mass is 206 g/mol. The van der Waals surface area contributed by atoms with Crippen LogP contribution in [0.15, 0.2) is 24.3 Å². The second-order valence-electron chi connectivity index (χ2n) is 2.64. The number of hydrogen-bond donors (Lipinski definition) is 3. The lowest BCUT2D eigenvalue weighted by Gasteiger charge is -2.06. The molecule has 0 fully saturated rings. The van der Waals surface area contributed by atoms with Crippen LogP contribution in [0, 0.1) is 11.3 Å². The van der Waals surface area contributed by atoms with E-state index >= 15 is 0 Å². The number of benzene rings is 1. The van der Waals surface area contributed by atoms with E-state index in [9.17, 15) is 0 Å². The first-order chi connectivity index (χ1) is 6.76. The fourth-order valence-corrected chi connectivity index (χ4v) is 1.00. The summed E-state index contributed by atoms with van der Waals surface area (Å²) in [6, 6.07) is 9.30. The highest BCUT2D eigenvalue weighted by Gasteiger charge is 1.94. The smallest absolute Gasteiger partial charge is 0.180 e. The lowest BCUT2D eigenvalue weighted by molar-refractivity contribution is 0.866. The summed E-state index contributed by atoms with van der Waals surface area (Å²) in [5, 5.41) is 11.9. The molecule has 0 aromatic heterocycles. The molecule has 1 aromatic carbocycles. The van der Waals surface area contributed by atoms with Crippen LogP contribution in [-0.4, -0.2) is 5.11 Å². The third kappa shape index (κ3) is 3.01. The number of hydrazine groups is 1. The maximum Gasteiger partial charge on any atom is 0.180 e. The van der Waals surface area contributed by atoms with E-state index in [1.54, 1.807) is 12.1 Å². The van der Waals surface area contributed by atoms with Crippen molar-refractivity contribution in [2.75, 3.05) is 0 Å². The molecule has 0 radical (unpaired) electrons. The molecule has 0 spiro atoms. The fourth-order valence-electron chi connectivity index (χ4n) is 0.931. The van der Waals surface area contributed by atoms with Gasteiger partial charge in [0.2, 0.25) is 0 Å². The van der Waals surface area contributed by atoms with Crippen LogP contribution in [0.25, 0.3) is 0 Å². The van der Waals surface area contributed by atoms with E-state index in [4.69, 9.17) is 23.3 Å². The van der Waals surface area contributed by atoms with Gasteiger partial charge >= 0.3 is 0 Å². The molecule has 0 amide bonds. The van der Waals surface area contributed by atoms with E-state index in [1.165, 1.54) is 0 Å². The zero-order valence-corrected chi connectivity index (χ0v) is 8.27. The molecule has 0 saturated heterocycles. The number of nitrogens with two attached hydrogens (primary N) is 1. The minimum atomic E-state index is 0.398. The van der Waals surface area contributed by atoms with Crippen molar-refractivity contribution in [3.05, 3.63) is 35.4 Å². The summed E-state index contributed by atoms with van der Waals surface area (Å²) in [6.45, 7) is 0.592. The van der Waals surface area contributed by atoms with E-state index in [-0.39, 0.29) is 0 Å². The highest BCUT2D eigenvalue weighted by Crippen LogP contribution is 2.02. The van der Waals surface area contributed by atoms with Gasteiger partial charge in [-0.3, -0.25) is 0 Å². The predicted molar refractivity (Wildman–Crippen MR) is 57.9 cm³/mol. The number of rotatable bonds is 2. The fraction of sp³-hybridized carbons (Fsp3) is 0.111. The standard InChI is InChI=1S/C9H10N4S/c10-5-7-1-3-8(4-2-7)6-12-9(14)13-11/h1-4H,6,11H2,(H2,12,13,14). The maximum absolute atomic E-state index is 8.57. The first-order valence-electron chi connectivity index (χ1n) is 3.99. The summed E-state index contributed by atoms with van der Waals surface area (Å²) >= 11 is 4.80. The molecule has 1 rings (SSSR count). The predicted octanol–water partition coefficient (Wildman–Crippen LogP) is 0.396. The highest BCUT2D eigenvalue weighted by atomic mass is 32.1. The van der Waals surface area contributed by atoms with Crippen LogP contribution < -0.4 is 16.6 Å². The molecule has 1 aromatic rings. The van der Waals surface area contributed by atoms with Crippen molar-refractivity contribution in [2.24, 2.45) is 5.84 Å². The Morgan fingerprint density at radius 3 is 2.57 bits per heavy atom. The summed E-state index contributed by atoms with van der Waals surface area (Å²) < 4.78 is 0. The Balaban J connectivity index is 2.53. The molecule has 4 nitrogen and oxygen atoms in total. The third-order valence-electron chi connectivity index (χ3n) is 1.67. The van der Waals surface area contributed by atoms with Crippen LogP contribution in [0.2, 0.25) is 0 Å². The molecule has 4 N–H and O–H groups in total. The second kappa shape index (κ2) is 5.17. The van der Waals surface area contributed by atoms with Gasteiger partial charge in [0.1, 0.15) is 0 Å². The van der Waals surface area contributed by atoms with Gasteiger partial charge in [0, 0.05) is 6.54 Å². The number of nitriles is 1. The second-order valence-corrected chi connectivity index (χ2v) is 3.04. The number of hydrogen-bond acceptors (Lipinski definition) is 3. The molecule has 0 bridgehead atoms. The van der Waals surface area contributed by atoms with E-state index in [1.807, 2.05) is 12.1 Å². The minimum Gasteiger partial charge on any atom is -0.358 e. The maximum atomic E-state index is 8.57. The van der Waals surface area contributed by atoms with Crippen molar-refractivity contribution in [1.29, 1.82) is 5.26 Å². The first kappa shape index (κ1) is 10.4. The molecule has 0 unspecified atom stereocenters. The molecule has 14 heavy (non-hydrogen) atoms. The Hall–Kier alpha value is -1.64. The van der Waals surface area contributed by atoms with Crippen LogP contribution >= 0.6 is 12.2 Å². The van der Waals surface area contributed by atoms with Gasteiger partial charge in [-0.15, -0.1) is 0 Å². The van der Waals surface area contributed by atoms with Gasteiger partial charge in [-0.05, 0) is 29.9 Å². The summed E-state index contributed by atoms with van der Waals surface area (Å²) in [7, 11) is 0. The van der Waals surface area contributed by atoms with Gasteiger partial charge in [0.15, 0.2) is 5.11 Å². The lowest BCUT2D eigenvalue weighted by atomic mass is 10.1. The van der Waals surface area contributed by atoms with Crippen LogP contribution in [0.5, 0.6) is 0 Å². The Morgan fingerprint density at radius 1 is 1.43 bits per heavy atom. The molecule has 0 aliphatic heterocycles. The van der Waals surface area contributed by atoms with Crippen molar-refractivity contribution in [1.82, 2.24) is 10.7 Å². The van der Waals surface area contributed by atoms with Gasteiger partial charge in [-0.2, -0.15) is 5.26 Å². The van der Waals surface area contributed by atoms with Crippen molar-refractivity contribution >= 4 is 17.3 Å². The van der Waals surface area contributed by atoms with Gasteiger partial charge in [-0.1, -0.05) is 12.1 Å². The number of thiocarbonyl (C=S) groups is 1. The quantitative estimate of drug-likeness (QED) is 0.371. The van der Waals surface area contributed by atoms with Crippen LogP contribution in [0.4, 0.5) is 0 Å².